The van der Waals surface area contributed by atoms with E-state index in [0.29, 0.717) is 24.2 Å². The summed E-state index contributed by atoms with van der Waals surface area (Å²) in [4.78, 5) is 35.2. The lowest BCUT2D eigenvalue weighted by Crippen LogP contribution is -2.34. The molecule has 6 nitrogen and oxygen atoms in total. The Morgan fingerprint density at radius 2 is 1.67 bits per heavy atom. The van der Waals surface area contributed by atoms with Gasteiger partial charge in [0.05, 0.1) is 11.8 Å². The number of carboxylic acids is 1. The molecule has 6 heteroatoms. The summed E-state index contributed by atoms with van der Waals surface area (Å²) in [6.45, 7) is 5.11. The molecule has 1 aliphatic carbocycles. The van der Waals surface area contributed by atoms with Gasteiger partial charge in [0.25, 0.3) is 0 Å². The highest BCUT2D eigenvalue weighted by Crippen LogP contribution is 2.30. The molecule has 1 aromatic carbocycles. The topological polar surface area (TPSA) is 95.5 Å². The molecule has 3 N–H and O–H groups in total. The summed E-state index contributed by atoms with van der Waals surface area (Å²) in [5.74, 6) is -2.77. The fourth-order valence-electron chi connectivity index (χ4n) is 2.95. The SMILES string of the molecule is CC(=O)Nc1c(C)ccc(NC(=O)[C@@H]2CC=CC[C@H]2C(=O)O)c1C. The Balaban J connectivity index is 2.24. The zero-order valence-corrected chi connectivity index (χ0v) is 14.1. The van der Waals surface area contributed by atoms with Gasteiger partial charge in [-0.3, -0.25) is 14.4 Å². The second kappa shape index (κ2) is 7.29. The van der Waals surface area contributed by atoms with Gasteiger partial charge in [-0.05, 0) is 43.9 Å². The van der Waals surface area contributed by atoms with Crippen molar-refractivity contribution in [3.8, 4) is 0 Å². The van der Waals surface area contributed by atoms with Crippen molar-refractivity contribution in [2.24, 2.45) is 11.8 Å². The smallest absolute Gasteiger partial charge is 0.307 e. The Hall–Kier alpha value is -2.63. The van der Waals surface area contributed by atoms with Crippen molar-refractivity contribution in [3.63, 3.8) is 0 Å². The van der Waals surface area contributed by atoms with Crippen LogP contribution in [0, 0.1) is 25.7 Å². The van der Waals surface area contributed by atoms with Crippen LogP contribution in [-0.2, 0) is 14.4 Å². The van der Waals surface area contributed by atoms with Gasteiger partial charge in [-0.1, -0.05) is 18.2 Å². The molecule has 0 saturated carbocycles. The third-order valence-corrected chi connectivity index (χ3v) is 4.32. The molecule has 24 heavy (non-hydrogen) atoms. The molecule has 0 unspecified atom stereocenters. The number of allylic oxidation sites excluding steroid dienone is 2. The molecule has 2 rings (SSSR count). The van der Waals surface area contributed by atoms with E-state index in [0.717, 1.165) is 11.1 Å². The lowest BCUT2D eigenvalue weighted by atomic mass is 9.82. The van der Waals surface area contributed by atoms with E-state index in [-0.39, 0.29) is 11.8 Å². The Kier molecular flexibility index (Phi) is 5.39. The molecular weight excluding hydrogens is 308 g/mol. The average Bonchev–Trinajstić information content (AvgIpc) is 2.53. The van der Waals surface area contributed by atoms with E-state index >= 15 is 0 Å². The van der Waals surface area contributed by atoms with Crippen LogP contribution in [0.15, 0.2) is 24.3 Å². The van der Waals surface area contributed by atoms with Crippen LogP contribution in [-0.4, -0.2) is 22.9 Å². The number of amides is 2. The van der Waals surface area contributed by atoms with Gasteiger partial charge in [0.1, 0.15) is 0 Å². The van der Waals surface area contributed by atoms with E-state index in [4.69, 9.17) is 0 Å². The van der Waals surface area contributed by atoms with Crippen LogP contribution in [0.5, 0.6) is 0 Å². The molecule has 0 heterocycles. The zero-order chi connectivity index (χ0) is 17.9. The maximum atomic E-state index is 12.6. The number of hydrogen-bond acceptors (Lipinski definition) is 3. The van der Waals surface area contributed by atoms with Crippen LogP contribution in [0.3, 0.4) is 0 Å². The van der Waals surface area contributed by atoms with Crippen LogP contribution in [0.1, 0.15) is 30.9 Å². The molecule has 0 saturated heterocycles. The molecule has 1 aliphatic rings. The summed E-state index contributed by atoms with van der Waals surface area (Å²) in [7, 11) is 0. The minimum Gasteiger partial charge on any atom is -0.481 e. The molecule has 0 aromatic heterocycles. The zero-order valence-electron chi connectivity index (χ0n) is 14.1. The lowest BCUT2D eigenvalue weighted by Gasteiger charge is -2.25. The highest BCUT2D eigenvalue weighted by molar-refractivity contribution is 5.98. The maximum Gasteiger partial charge on any atom is 0.307 e. The Labute approximate surface area is 140 Å². The largest absolute Gasteiger partial charge is 0.481 e. The van der Waals surface area contributed by atoms with Crippen LogP contribution in [0.2, 0.25) is 0 Å². The van der Waals surface area contributed by atoms with E-state index in [1.807, 2.05) is 26.0 Å². The van der Waals surface area contributed by atoms with Gasteiger partial charge >= 0.3 is 5.97 Å². The van der Waals surface area contributed by atoms with E-state index in [9.17, 15) is 19.5 Å². The van der Waals surface area contributed by atoms with Gasteiger partial charge in [-0.2, -0.15) is 0 Å². The number of carbonyl (C=O) groups excluding carboxylic acids is 2. The predicted molar refractivity (Wildman–Crippen MR) is 91.8 cm³/mol. The average molecular weight is 330 g/mol. The fourth-order valence-corrected chi connectivity index (χ4v) is 2.95. The molecule has 0 fully saturated rings. The van der Waals surface area contributed by atoms with Gasteiger partial charge in [-0.25, -0.2) is 0 Å². The molecule has 0 aliphatic heterocycles. The summed E-state index contributed by atoms with van der Waals surface area (Å²) < 4.78 is 0. The minimum atomic E-state index is -0.959. The summed E-state index contributed by atoms with van der Waals surface area (Å²) in [5.41, 5.74) is 2.88. The first-order valence-electron chi connectivity index (χ1n) is 7.87. The summed E-state index contributed by atoms with van der Waals surface area (Å²) in [5, 5.41) is 14.9. The van der Waals surface area contributed by atoms with Gasteiger partial charge in [-0.15, -0.1) is 0 Å². The normalized spacial score (nSPS) is 19.6. The van der Waals surface area contributed by atoms with Crippen molar-refractivity contribution < 1.29 is 19.5 Å². The third kappa shape index (κ3) is 3.82. The maximum absolute atomic E-state index is 12.6. The Bertz CT molecular complexity index is 709. The van der Waals surface area contributed by atoms with E-state index < -0.39 is 17.8 Å². The second-order valence-corrected chi connectivity index (χ2v) is 6.09. The number of carbonyl (C=O) groups is 3. The molecule has 0 radical (unpaired) electrons. The Morgan fingerprint density at radius 3 is 2.25 bits per heavy atom. The lowest BCUT2D eigenvalue weighted by molar-refractivity contribution is -0.146. The number of hydrogen-bond donors (Lipinski definition) is 3. The quantitative estimate of drug-likeness (QED) is 0.740. The molecule has 1 aromatic rings. The van der Waals surface area contributed by atoms with E-state index in [1.165, 1.54) is 6.92 Å². The van der Waals surface area contributed by atoms with Crippen molar-refractivity contribution >= 4 is 29.2 Å². The molecule has 128 valence electrons. The number of rotatable bonds is 4. The summed E-state index contributed by atoms with van der Waals surface area (Å²) >= 11 is 0. The van der Waals surface area contributed by atoms with Gasteiger partial charge < -0.3 is 15.7 Å². The van der Waals surface area contributed by atoms with Crippen LogP contribution in [0.25, 0.3) is 0 Å². The summed E-state index contributed by atoms with van der Waals surface area (Å²) in [6.07, 6.45) is 4.41. The van der Waals surface area contributed by atoms with Gasteiger partial charge in [0.2, 0.25) is 11.8 Å². The van der Waals surface area contributed by atoms with E-state index in [2.05, 4.69) is 10.6 Å². The first-order chi connectivity index (χ1) is 11.3. The first-order valence-corrected chi connectivity index (χ1v) is 7.87. The predicted octanol–water partition coefficient (Wildman–Crippen LogP) is 2.87. The minimum absolute atomic E-state index is 0.187. The monoisotopic (exact) mass is 330 g/mol. The molecular formula is C18H22N2O4. The molecule has 2 amide bonds. The molecule has 0 spiro atoms. The van der Waals surface area contributed by atoms with Crippen LogP contribution >= 0.6 is 0 Å². The number of anilines is 2. The highest BCUT2D eigenvalue weighted by Gasteiger charge is 2.34. The number of nitrogens with one attached hydrogen (secondary N) is 2. The van der Waals surface area contributed by atoms with Crippen molar-refractivity contribution in [2.45, 2.75) is 33.6 Å². The second-order valence-electron chi connectivity index (χ2n) is 6.09. The van der Waals surface area contributed by atoms with Crippen molar-refractivity contribution in [3.05, 3.63) is 35.4 Å². The van der Waals surface area contributed by atoms with Crippen molar-refractivity contribution in [1.82, 2.24) is 0 Å². The fraction of sp³-hybridized carbons (Fsp3) is 0.389. The summed E-state index contributed by atoms with van der Waals surface area (Å²) in [6, 6.07) is 3.58. The number of aliphatic carboxylic acids is 1. The van der Waals surface area contributed by atoms with Gasteiger partial charge in [0, 0.05) is 18.3 Å². The first kappa shape index (κ1) is 17.7. The van der Waals surface area contributed by atoms with E-state index in [1.54, 1.807) is 12.1 Å². The number of aryl methyl sites for hydroxylation is 1. The third-order valence-electron chi connectivity index (χ3n) is 4.32. The van der Waals surface area contributed by atoms with Crippen molar-refractivity contribution in [1.29, 1.82) is 0 Å². The van der Waals surface area contributed by atoms with Crippen molar-refractivity contribution in [2.75, 3.05) is 10.6 Å². The molecule has 2 atom stereocenters. The van der Waals surface area contributed by atoms with Crippen LogP contribution in [0.4, 0.5) is 11.4 Å². The number of benzene rings is 1. The Morgan fingerprint density at radius 1 is 1.04 bits per heavy atom. The standard InChI is InChI=1S/C18H22N2O4/c1-10-8-9-15(11(2)16(10)19-12(3)21)20-17(22)13-6-4-5-7-14(13)18(23)24/h4-5,8-9,13-14H,6-7H2,1-3H3,(H,19,21)(H,20,22)(H,23,24)/t13-,14-/m1/s1. The highest BCUT2D eigenvalue weighted by atomic mass is 16.4. The van der Waals surface area contributed by atoms with Gasteiger partial charge in [0.15, 0.2) is 0 Å². The van der Waals surface area contributed by atoms with Crippen LogP contribution < -0.4 is 10.6 Å². The molecule has 0 bridgehead atoms. The number of carboxylic acid groups (broad SMARTS) is 1.